The largest absolute Gasteiger partial charge is 0.436 e. The van der Waals surface area contributed by atoms with Gasteiger partial charge in [0.2, 0.25) is 5.91 Å². The molecule has 1 amide bonds. The smallest absolute Gasteiger partial charge is 0.263 e. The monoisotopic (exact) mass is 430 g/mol. The van der Waals surface area contributed by atoms with Gasteiger partial charge < -0.3 is 15.0 Å². The van der Waals surface area contributed by atoms with Crippen molar-refractivity contribution >= 4 is 11.7 Å². The summed E-state index contributed by atoms with van der Waals surface area (Å²) >= 11 is 0. The van der Waals surface area contributed by atoms with Crippen LogP contribution in [0.15, 0.2) is 60.9 Å². The van der Waals surface area contributed by atoms with E-state index in [-0.39, 0.29) is 17.9 Å². The fraction of sp³-hybridized carbons (Fsp3) is 0.346. The molecule has 3 aromatic rings. The Morgan fingerprint density at radius 2 is 1.69 bits per heavy atom. The maximum Gasteiger partial charge on any atom is 0.263 e. The Hall–Kier alpha value is -3.41. The van der Waals surface area contributed by atoms with Crippen LogP contribution in [0.2, 0.25) is 0 Å². The van der Waals surface area contributed by atoms with E-state index < -0.39 is 0 Å². The summed E-state index contributed by atoms with van der Waals surface area (Å²) in [6, 6.07) is 16.1. The molecule has 166 valence electrons. The number of rotatable bonds is 6. The molecule has 1 saturated heterocycles. The van der Waals surface area contributed by atoms with Gasteiger partial charge >= 0.3 is 0 Å². The van der Waals surface area contributed by atoms with E-state index in [9.17, 15) is 4.79 Å². The summed E-state index contributed by atoms with van der Waals surface area (Å²) in [7, 11) is 0. The molecule has 0 saturated carbocycles. The fourth-order valence-electron chi connectivity index (χ4n) is 3.98. The van der Waals surface area contributed by atoms with Crippen molar-refractivity contribution in [2.45, 2.75) is 39.7 Å². The lowest BCUT2D eigenvalue weighted by Gasteiger charge is -2.33. The molecule has 6 heteroatoms. The van der Waals surface area contributed by atoms with Crippen molar-refractivity contribution in [1.29, 1.82) is 0 Å². The van der Waals surface area contributed by atoms with Crippen molar-refractivity contribution in [1.82, 2.24) is 15.3 Å². The molecule has 0 bridgehead atoms. The number of piperidine rings is 1. The van der Waals surface area contributed by atoms with E-state index in [4.69, 9.17) is 4.74 Å². The van der Waals surface area contributed by atoms with Crippen LogP contribution in [-0.4, -0.2) is 29.0 Å². The Morgan fingerprint density at radius 1 is 1.03 bits per heavy atom. The van der Waals surface area contributed by atoms with E-state index >= 15 is 0 Å². The number of aryl methyl sites for hydroxylation is 2. The van der Waals surface area contributed by atoms with E-state index in [2.05, 4.69) is 51.4 Å². The number of amides is 1. The second-order valence-corrected chi connectivity index (χ2v) is 8.53. The molecule has 0 spiro atoms. The maximum atomic E-state index is 13.0. The minimum atomic E-state index is -0.106. The van der Waals surface area contributed by atoms with Crippen LogP contribution in [0, 0.1) is 19.8 Å². The van der Waals surface area contributed by atoms with Crippen LogP contribution < -0.4 is 15.0 Å². The molecule has 2 heterocycles. The molecule has 0 unspecified atom stereocenters. The van der Waals surface area contributed by atoms with Gasteiger partial charge in [-0.3, -0.25) is 4.79 Å². The number of nitrogens with zero attached hydrogens (tertiary/aromatic N) is 3. The average Bonchev–Trinajstić information content (AvgIpc) is 2.81. The third-order valence-corrected chi connectivity index (χ3v) is 5.91. The summed E-state index contributed by atoms with van der Waals surface area (Å²) in [4.78, 5) is 24.1. The summed E-state index contributed by atoms with van der Waals surface area (Å²) in [5.41, 5.74) is 3.49. The van der Waals surface area contributed by atoms with E-state index in [1.165, 1.54) is 11.1 Å². The van der Waals surface area contributed by atoms with Gasteiger partial charge in [-0.2, -0.15) is 0 Å². The summed E-state index contributed by atoms with van der Waals surface area (Å²) in [6.07, 6.45) is 5.07. The molecule has 1 fully saturated rings. The van der Waals surface area contributed by atoms with E-state index in [1.54, 1.807) is 12.4 Å². The molecular weight excluding hydrogens is 400 g/mol. The summed E-state index contributed by atoms with van der Waals surface area (Å²) in [6.45, 7) is 7.54. The van der Waals surface area contributed by atoms with Gasteiger partial charge in [0.15, 0.2) is 5.82 Å². The SMILES string of the molecule is Cc1ccc(Oc2nccnc2N2CCC[C@@H](C(=O)N[C@@H](C)c3ccc(C)cc3)C2)cc1. The second kappa shape index (κ2) is 9.81. The zero-order valence-electron chi connectivity index (χ0n) is 18.9. The number of aromatic nitrogens is 2. The molecule has 2 aromatic carbocycles. The standard InChI is InChI=1S/C26H30N4O2/c1-18-6-10-21(11-7-18)20(3)29-25(31)22-5-4-16-30(17-22)24-26(28-15-14-27-24)32-23-12-8-19(2)9-13-23/h6-15,20,22H,4-5,16-17H2,1-3H3,(H,29,31)/t20-,22+/m0/s1. The second-order valence-electron chi connectivity index (χ2n) is 8.53. The van der Waals surface area contributed by atoms with Gasteiger partial charge in [-0.1, -0.05) is 47.5 Å². The van der Waals surface area contributed by atoms with E-state index in [0.717, 1.165) is 30.7 Å². The molecule has 0 aliphatic carbocycles. The topological polar surface area (TPSA) is 67.4 Å². The summed E-state index contributed by atoms with van der Waals surface area (Å²) < 4.78 is 6.03. The van der Waals surface area contributed by atoms with Crippen molar-refractivity contribution < 1.29 is 9.53 Å². The molecule has 6 nitrogen and oxygen atoms in total. The van der Waals surface area contributed by atoms with Gasteiger partial charge in [-0.15, -0.1) is 0 Å². The lowest BCUT2D eigenvalue weighted by Crippen LogP contribution is -2.44. The molecule has 1 N–H and O–H groups in total. The molecule has 1 aromatic heterocycles. The molecule has 2 atom stereocenters. The van der Waals surface area contributed by atoms with Crippen molar-refractivity contribution in [2.24, 2.45) is 5.92 Å². The van der Waals surface area contributed by atoms with Crippen LogP contribution >= 0.6 is 0 Å². The average molecular weight is 431 g/mol. The number of carbonyl (C=O) groups is 1. The maximum absolute atomic E-state index is 13.0. The normalized spacial score (nSPS) is 17.0. The number of benzene rings is 2. The first-order chi connectivity index (χ1) is 15.5. The molecular formula is C26H30N4O2. The Balaban J connectivity index is 1.44. The zero-order chi connectivity index (χ0) is 22.5. The van der Waals surface area contributed by atoms with Crippen LogP contribution in [0.1, 0.15) is 42.5 Å². The highest BCUT2D eigenvalue weighted by Gasteiger charge is 2.29. The minimum absolute atomic E-state index is 0.0320. The molecule has 32 heavy (non-hydrogen) atoms. The summed E-state index contributed by atoms with van der Waals surface area (Å²) in [5.74, 6) is 1.83. The van der Waals surface area contributed by atoms with Gasteiger partial charge in [-0.05, 0) is 51.3 Å². The van der Waals surface area contributed by atoms with Crippen LogP contribution in [0.5, 0.6) is 11.6 Å². The Kier molecular flexibility index (Phi) is 6.69. The number of hydrogen-bond acceptors (Lipinski definition) is 5. The van der Waals surface area contributed by atoms with E-state index in [0.29, 0.717) is 18.2 Å². The van der Waals surface area contributed by atoms with Gasteiger partial charge in [0.1, 0.15) is 5.75 Å². The van der Waals surface area contributed by atoms with Crippen LogP contribution in [0.25, 0.3) is 0 Å². The van der Waals surface area contributed by atoms with Gasteiger partial charge in [0, 0.05) is 25.5 Å². The quantitative estimate of drug-likeness (QED) is 0.597. The Labute approximate surface area is 189 Å². The van der Waals surface area contributed by atoms with E-state index in [1.807, 2.05) is 38.1 Å². The van der Waals surface area contributed by atoms with Gasteiger partial charge in [0.25, 0.3) is 5.88 Å². The number of anilines is 1. The predicted molar refractivity (Wildman–Crippen MR) is 126 cm³/mol. The highest BCUT2D eigenvalue weighted by molar-refractivity contribution is 5.80. The number of nitrogens with one attached hydrogen (secondary N) is 1. The lowest BCUT2D eigenvalue weighted by molar-refractivity contribution is -0.125. The van der Waals surface area contributed by atoms with Gasteiger partial charge in [-0.25, -0.2) is 9.97 Å². The predicted octanol–water partition coefficient (Wildman–Crippen LogP) is 4.98. The van der Waals surface area contributed by atoms with Crippen LogP contribution in [0.4, 0.5) is 5.82 Å². The van der Waals surface area contributed by atoms with Crippen molar-refractivity contribution in [3.8, 4) is 11.6 Å². The summed E-state index contributed by atoms with van der Waals surface area (Å²) in [5, 5.41) is 3.18. The number of hydrogen-bond donors (Lipinski definition) is 1. The van der Waals surface area contributed by atoms with Crippen molar-refractivity contribution in [3.63, 3.8) is 0 Å². The third-order valence-electron chi connectivity index (χ3n) is 5.91. The minimum Gasteiger partial charge on any atom is -0.436 e. The Morgan fingerprint density at radius 3 is 2.41 bits per heavy atom. The van der Waals surface area contributed by atoms with Crippen molar-refractivity contribution in [3.05, 3.63) is 77.6 Å². The highest BCUT2D eigenvalue weighted by Crippen LogP contribution is 2.31. The van der Waals surface area contributed by atoms with Crippen molar-refractivity contribution in [2.75, 3.05) is 18.0 Å². The highest BCUT2D eigenvalue weighted by atomic mass is 16.5. The first kappa shape index (κ1) is 21.8. The van der Waals surface area contributed by atoms with Crippen LogP contribution in [0.3, 0.4) is 0 Å². The fourth-order valence-corrected chi connectivity index (χ4v) is 3.98. The molecule has 0 radical (unpaired) electrons. The third kappa shape index (κ3) is 5.25. The molecule has 1 aliphatic rings. The molecule has 4 rings (SSSR count). The van der Waals surface area contributed by atoms with Crippen LogP contribution in [-0.2, 0) is 4.79 Å². The number of ether oxygens (including phenoxy) is 1. The molecule has 1 aliphatic heterocycles. The Bertz CT molecular complexity index is 1050. The zero-order valence-corrected chi connectivity index (χ0v) is 18.9. The first-order valence-corrected chi connectivity index (χ1v) is 11.2. The number of carbonyl (C=O) groups excluding carboxylic acids is 1. The first-order valence-electron chi connectivity index (χ1n) is 11.2. The van der Waals surface area contributed by atoms with Gasteiger partial charge in [0.05, 0.1) is 12.0 Å². The lowest BCUT2D eigenvalue weighted by atomic mass is 9.96.